The molecule has 1 aromatic heterocycles. The fourth-order valence-electron chi connectivity index (χ4n) is 2.43. The van der Waals surface area contributed by atoms with E-state index in [1.807, 2.05) is 29.9 Å². The Labute approximate surface area is 100 Å². The summed E-state index contributed by atoms with van der Waals surface area (Å²) < 4.78 is 7.37. The highest BCUT2D eigenvalue weighted by atomic mass is 16.5. The van der Waals surface area contributed by atoms with Crippen molar-refractivity contribution in [2.24, 2.45) is 7.05 Å². The van der Waals surface area contributed by atoms with Crippen LogP contribution >= 0.6 is 0 Å². The number of aryl methyl sites for hydroxylation is 1. The molecule has 0 amide bonds. The van der Waals surface area contributed by atoms with Crippen LogP contribution in [0.5, 0.6) is 5.75 Å². The highest BCUT2D eigenvalue weighted by molar-refractivity contribution is 5.71. The van der Waals surface area contributed by atoms with Crippen molar-refractivity contribution in [2.45, 2.75) is 13.1 Å². The van der Waals surface area contributed by atoms with Gasteiger partial charge in [-0.25, -0.2) is 0 Å². The standard InChI is InChI=1S/C13H15N3O/c1-16-13(10-7-14-8-11(10)15-16)9-5-3-4-6-12(9)17-2/h3-6,14H,7-8H2,1-2H3. The number of fused-ring (bicyclic) bond motifs is 1. The van der Waals surface area contributed by atoms with Crippen molar-refractivity contribution in [1.82, 2.24) is 15.1 Å². The average molecular weight is 229 g/mol. The number of ether oxygens (including phenoxy) is 1. The second-order valence-electron chi connectivity index (χ2n) is 4.20. The number of aromatic nitrogens is 2. The smallest absolute Gasteiger partial charge is 0.128 e. The summed E-state index contributed by atoms with van der Waals surface area (Å²) in [6, 6.07) is 8.07. The molecule has 0 radical (unpaired) electrons. The van der Waals surface area contributed by atoms with Crippen molar-refractivity contribution in [3.8, 4) is 17.0 Å². The second kappa shape index (κ2) is 3.89. The first-order valence-electron chi connectivity index (χ1n) is 5.70. The zero-order valence-corrected chi connectivity index (χ0v) is 10.0. The van der Waals surface area contributed by atoms with E-state index in [0.717, 1.165) is 35.8 Å². The number of hydrogen-bond acceptors (Lipinski definition) is 3. The molecule has 0 saturated heterocycles. The van der Waals surface area contributed by atoms with E-state index in [1.54, 1.807) is 7.11 Å². The minimum absolute atomic E-state index is 0.859. The van der Waals surface area contributed by atoms with Gasteiger partial charge in [-0.05, 0) is 12.1 Å². The quantitative estimate of drug-likeness (QED) is 0.852. The van der Waals surface area contributed by atoms with Crippen molar-refractivity contribution in [3.63, 3.8) is 0 Å². The topological polar surface area (TPSA) is 39.1 Å². The molecular formula is C13H15N3O. The SMILES string of the molecule is COc1ccccc1-c1c2c(nn1C)CNC2. The molecule has 0 spiro atoms. The van der Waals surface area contributed by atoms with Crippen LogP contribution in [0.2, 0.25) is 0 Å². The molecule has 17 heavy (non-hydrogen) atoms. The lowest BCUT2D eigenvalue weighted by atomic mass is 10.1. The van der Waals surface area contributed by atoms with E-state index >= 15 is 0 Å². The molecule has 88 valence electrons. The Balaban J connectivity index is 2.21. The molecule has 0 fully saturated rings. The van der Waals surface area contributed by atoms with Crippen molar-refractivity contribution in [3.05, 3.63) is 35.5 Å². The number of rotatable bonds is 2. The van der Waals surface area contributed by atoms with Gasteiger partial charge in [0.2, 0.25) is 0 Å². The average Bonchev–Trinajstić information content (AvgIpc) is 2.89. The van der Waals surface area contributed by atoms with Crippen molar-refractivity contribution < 1.29 is 4.74 Å². The van der Waals surface area contributed by atoms with E-state index in [2.05, 4.69) is 16.5 Å². The van der Waals surface area contributed by atoms with Gasteiger partial charge in [0.1, 0.15) is 5.75 Å². The Bertz CT molecular complexity index is 560. The molecular weight excluding hydrogens is 214 g/mol. The van der Waals surface area contributed by atoms with E-state index in [9.17, 15) is 0 Å². The van der Waals surface area contributed by atoms with Gasteiger partial charge in [0.15, 0.2) is 0 Å². The zero-order chi connectivity index (χ0) is 11.8. The van der Waals surface area contributed by atoms with E-state index in [4.69, 9.17) is 4.74 Å². The van der Waals surface area contributed by atoms with Crippen LogP contribution in [0, 0.1) is 0 Å². The number of benzene rings is 1. The highest BCUT2D eigenvalue weighted by Gasteiger charge is 2.22. The second-order valence-corrected chi connectivity index (χ2v) is 4.20. The van der Waals surface area contributed by atoms with Gasteiger partial charge < -0.3 is 10.1 Å². The summed E-state index contributed by atoms with van der Waals surface area (Å²) in [7, 11) is 3.69. The van der Waals surface area contributed by atoms with Gasteiger partial charge >= 0.3 is 0 Å². The number of nitrogens with one attached hydrogen (secondary N) is 1. The molecule has 0 bridgehead atoms. The number of hydrogen-bond donors (Lipinski definition) is 1. The lowest BCUT2D eigenvalue weighted by Gasteiger charge is -2.10. The minimum atomic E-state index is 0.859. The van der Waals surface area contributed by atoms with Gasteiger partial charge in [-0.15, -0.1) is 0 Å². The molecule has 4 heteroatoms. The van der Waals surface area contributed by atoms with Crippen LogP contribution in [0.25, 0.3) is 11.3 Å². The van der Waals surface area contributed by atoms with E-state index < -0.39 is 0 Å². The Morgan fingerprint density at radius 3 is 2.94 bits per heavy atom. The van der Waals surface area contributed by atoms with Gasteiger partial charge in [-0.2, -0.15) is 5.10 Å². The minimum Gasteiger partial charge on any atom is -0.496 e. The number of methoxy groups -OCH3 is 1. The molecule has 1 N–H and O–H groups in total. The monoisotopic (exact) mass is 229 g/mol. The van der Waals surface area contributed by atoms with Crippen LogP contribution in [-0.2, 0) is 20.1 Å². The molecule has 0 atom stereocenters. The van der Waals surface area contributed by atoms with Crippen LogP contribution in [0.4, 0.5) is 0 Å². The van der Waals surface area contributed by atoms with Crippen molar-refractivity contribution >= 4 is 0 Å². The molecule has 1 aliphatic heterocycles. The molecule has 1 aliphatic rings. The Kier molecular flexibility index (Phi) is 2.37. The molecule has 2 aromatic rings. The van der Waals surface area contributed by atoms with Gasteiger partial charge in [-0.1, -0.05) is 12.1 Å². The highest BCUT2D eigenvalue weighted by Crippen LogP contribution is 2.34. The third-order valence-electron chi connectivity index (χ3n) is 3.18. The lowest BCUT2D eigenvalue weighted by Crippen LogP contribution is -2.06. The fourth-order valence-corrected chi connectivity index (χ4v) is 2.43. The largest absolute Gasteiger partial charge is 0.496 e. The molecule has 1 aromatic carbocycles. The van der Waals surface area contributed by atoms with Crippen LogP contribution in [0.3, 0.4) is 0 Å². The van der Waals surface area contributed by atoms with E-state index in [0.29, 0.717) is 0 Å². The maximum Gasteiger partial charge on any atom is 0.128 e. The molecule has 2 heterocycles. The van der Waals surface area contributed by atoms with E-state index in [1.165, 1.54) is 5.56 Å². The van der Waals surface area contributed by atoms with Gasteiger partial charge in [-0.3, -0.25) is 4.68 Å². The first kappa shape index (κ1) is 10.4. The molecule has 0 aliphatic carbocycles. The van der Waals surface area contributed by atoms with E-state index in [-0.39, 0.29) is 0 Å². The lowest BCUT2D eigenvalue weighted by molar-refractivity contribution is 0.416. The Hall–Kier alpha value is -1.81. The Morgan fingerprint density at radius 1 is 1.29 bits per heavy atom. The molecule has 0 unspecified atom stereocenters. The normalized spacial score (nSPS) is 13.8. The predicted octanol–water partition coefficient (Wildman–Crippen LogP) is 1.70. The maximum atomic E-state index is 5.42. The van der Waals surface area contributed by atoms with Crippen LogP contribution < -0.4 is 10.1 Å². The first-order valence-corrected chi connectivity index (χ1v) is 5.70. The summed E-state index contributed by atoms with van der Waals surface area (Å²) >= 11 is 0. The first-order chi connectivity index (χ1) is 8.31. The molecule has 0 saturated carbocycles. The maximum absolute atomic E-state index is 5.42. The summed E-state index contributed by atoms with van der Waals surface area (Å²) in [5, 5.41) is 7.87. The summed E-state index contributed by atoms with van der Waals surface area (Å²) in [5.74, 6) is 0.894. The third-order valence-corrected chi connectivity index (χ3v) is 3.18. The summed E-state index contributed by atoms with van der Waals surface area (Å²) in [6.07, 6.45) is 0. The summed E-state index contributed by atoms with van der Waals surface area (Å²) in [4.78, 5) is 0. The van der Waals surface area contributed by atoms with Crippen LogP contribution in [-0.4, -0.2) is 16.9 Å². The fraction of sp³-hybridized carbons (Fsp3) is 0.308. The van der Waals surface area contributed by atoms with Crippen molar-refractivity contribution in [2.75, 3.05) is 7.11 Å². The molecule has 4 nitrogen and oxygen atoms in total. The van der Waals surface area contributed by atoms with Crippen LogP contribution in [0.15, 0.2) is 24.3 Å². The van der Waals surface area contributed by atoms with Crippen LogP contribution in [0.1, 0.15) is 11.3 Å². The molecule has 3 rings (SSSR count). The summed E-state index contributed by atoms with van der Waals surface area (Å²) in [5.41, 5.74) is 4.70. The predicted molar refractivity (Wildman–Crippen MR) is 65.7 cm³/mol. The van der Waals surface area contributed by atoms with Gasteiger partial charge in [0.25, 0.3) is 0 Å². The van der Waals surface area contributed by atoms with Gasteiger partial charge in [0.05, 0.1) is 18.5 Å². The number of nitrogens with zero attached hydrogens (tertiary/aromatic N) is 2. The van der Waals surface area contributed by atoms with Crippen molar-refractivity contribution in [1.29, 1.82) is 0 Å². The van der Waals surface area contributed by atoms with Gasteiger partial charge in [0, 0.05) is 31.3 Å². The summed E-state index contributed by atoms with van der Waals surface area (Å²) in [6.45, 7) is 1.74. The third kappa shape index (κ3) is 1.52. The zero-order valence-electron chi connectivity index (χ0n) is 10.0. The number of para-hydroxylation sites is 1. The Morgan fingerprint density at radius 2 is 2.12 bits per heavy atom.